The van der Waals surface area contributed by atoms with E-state index in [2.05, 4.69) is 15.5 Å². The second-order valence-corrected chi connectivity index (χ2v) is 5.70. The van der Waals surface area contributed by atoms with Gasteiger partial charge < -0.3 is 10.5 Å². The molecule has 2 rings (SSSR count). The number of benzene rings is 1. The van der Waals surface area contributed by atoms with Crippen LogP contribution in [0.4, 0.5) is 5.69 Å². The zero-order chi connectivity index (χ0) is 18.4. The standard InChI is InChI=1S/C15H10Cl3N5O2/c16-10-12(20)11(17)14(18)22-13(10)15(24)23-21-7-8-1-3-9(4-2-8)25-6-5-19/h1-4,7H,6H2,(H2,20,22)(H,23,24)/p+1/b21-7-. The third-order valence-electron chi connectivity index (χ3n) is 2.91. The van der Waals surface area contributed by atoms with Gasteiger partial charge in [0.25, 0.3) is 10.8 Å². The molecule has 7 nitrogen and oxygen atoms in total. The Kier molecular flexibility index (Phi) is 6.42. The second-order valence-electron chi connectivity index (χ2n) is 4.57. The fraction of sp³-hybridized carbons (Fsp3) is 0.0667. The molecule has 1 aromatic heterocycles. The van der Waals surface area contributed by atoms with Gasteiger partial charge in [-0.3, -0.25) is 4.79 Å². The summed E-state index contributed by atoms with van der Waals surface area (Å²) in [7, 11) is 0. The number of nitriles is 1. The number of nitrogens with two attached hydrogens (primary N) is 1. The number of rotatable bonds is 5. The summed E-state index contributed by atoms with van der Waals surface area (Å²) in [6, 6.07) is 8.63. The second kappa shape index (κ2) is 8.53. The maximum absolute atomic E-state index is 12.1. The number of hydrogen-bond acceptors (Lipinski definition) is 5. The van der Waals surface area contributed by atoms with Crippen LogP contribution >= 0.6 is 34.8 Å². The Balaban J connectivity index is 2.05. The molecule has 0 saturated heterocycles. The van der Waals surface area contributed by atoms with E-state index in [0.717, 1.165) is 0 Å². The van der Waals surface area contributed by atoms with Crippen molar-refractivity contribution in [1.82, 2.24) is 5.43 Å². The van der Waals surface area contributed by atoms with Crippen LogP contribution in [0.1, 0.15) is 16.1 Å². The van der Waals surface area contributed by atoms with Gasteiger partial charge in [0.1, 0.15) is 21.9 Å². The van der Waals surface area contributed by atoms with E-state index >= 15 is 0 Å². The molecule has 128 valence electrons. The first-order chi connectivity index (χ1) is 11.9. The maximum Gasteiger partial charge on any atom is 0.337 e. The lowest BCUT2D eigenvalue weighted by Crippen LogP contribution is -2.28. The van der Waals surface area contributed by atoms with Crippen molar-refractivity contribution in [2.24, 2.45) is 5.10 Å². The largest absolute Gasteiger partial charge is 0.479 e. The fourth-order valence-electron chi connectivity index (χ4n) is 1.71. The SMILES string of the molecule is N#CCOc1ccc(/C=N\NC(=O)c2[nH+]c(Cl)c(Cl)c(N)c2Cl)cc1. The number of carbonyl (C=O) groups excluding carboxylic acids is 1. The molecule has 1 heterocycles. The van der Waals surface area contributed by atoms with Crippen LogP contribution in [-0.2, 0) is 0 Å². The molecule has 0 unspecified atom stereocenters. The van der Waals surface area contributed by atoms with Crippen molar-refractivity contribution in [3.63, 3.8) is 0 Å². The molecule has 1 aromatic carbocycles. The highest BCUT2D eigenvalue weighted by Gasteiger charge is 2.25. The number of carbonyl (C=O) groups is 1. The Bertz CT molecular complexity index is 863. The number of aromatic amines is 1. The molecule has 0 spiro atoms. The van der Waals surface area contributed by atoms with Gasteiger partial charge in [0.15, 0.2) is 6.61 Å². The molecule has 0 saturated carbocycles. The number of nitrogens with zero attached hydrogens (tertiary/aromatic N) is 2. The van der Waals surface area contributed by atoms with Crippen LogP contribution in [0, 0.1) is 11.3 Å². The molecule has 4 N–H and O–H groups in total. The van der Waals surface area contributed by atoms with Gasteiger partial charge in [-0.1, -0.05) is 23.2 Å². The number of hydrogen-bond donors (Lipinski definition) is 2. The Morgan fingerprint density at radius 2 is 2.00 bits per heavy atom. The minimum atomic E-state index is -0.638. The number of H-pyrrole nitrogens is 1. The quantitative estimate of drug-likeness (QED) is 0.457. The highest BCUT2D eigenvalue weighted by Crippen LogP contribution is 2.31. The van der Waals surface area contributed by atoms with E-state index in [1.54, 1.807) is 24.3 Å². The topological polar surface area (TPSA) is 115 Å². The van der Waals surface area contributed by atoms with E-state index in [0.29, 0.717) is 11.3 Å². The molecule has 0 aliphatic carbocycles. The minimum absolute atomic E-state index is 0.00540. The lowest BCUT2D eigenvalue weighted by atomic mass is 10.2. The van der Waals surface area contributed by atoms with E-state index in [1.807, 2.05) is 6.07 Å². The van der Waals surface area contributed by atoms with Gasteiger partial charge in [-0.05, 0) is 41.4 Å². The average Bonchev–Trinajstić information content (AvgIpc) is 2.62. The molecule has 0 aliphatic heterocycles. The molecule has 0 radical (unpaired) electrons. The Hall–Kier alpha value is -2.53. The molecule has 0 bridgehead atoms. The van der Waals surface area contributed by atoms with Crippen LogP contribution in [0.3, 0.4) is 0 Å². The summed E-state index contributed by atoms with van der Waals surface area (Å²) >= 11 is 17.6. The van der Waals surface area contributed by atoms with Gasteiger partial charge in [-0.25, -0.2) is 5.43 Å². The summed E-state index contributed by atoms with van der Waals surface area (Å²) in [5.74, 6) is -0.0871. The molecular weight excluding hydrogens is 389 g/mol. The predicted octanol–water partition coefficient (Wildman–Crippen LogP) is 2.71. The lowest BCUT2D eigenvalue weighted by molar-refractivity contribution is -0.379. The van der Waals surface area contributed by atoms with Crippen LogP contribution in [0.5, 0.6) is 5.75 Å². The molecule has 10 heteroatoms. The zero-order valence-electron chi connectivity index (χ0n) is 12.5. The molecule has 0 fully saturated rings. The monoisotopic (exact) mass is 398 g/mol. The van der Waals surface area contributed by atoms with Gasteiger partial charge in [-0.15, -0.1) is 0 Å². The van der Waals surface area contributed by atoms with Crippen molar-refractivity contribution in [2.45, 2.75) is 0 Å². The summed E-state index contributed by atoms with van der Waals surface area (Å²) in [4.78, 5) is 14.6. The van der Waals surface area contributed by atoms with Crippen molar-refractivity contribution in [3.05, 3.63) is 50.7 Å². The van der Waals surface area contributed by atoms with Crippen LogP contribution in [-0.4, -0.2) is 18.7 Å². The zero-order valence-corrected chi connectivity index (χ0v) is 14.8. The van der Waals surface area contributed by atoms with Crippen molar-refractivity contribution in [3.8, 4) is 11.8 Å². The minimum Gasteiger partial charge on any atom is -0.479 e. The van der Waals surface area contributed by atoms with Crippen molar-refractivity contribution in [1.29, 1.82) is 5.26 Å². The molecule has 0 aliphatic rings. The number of aromatic nitrogens is 1. The van der Waals surface area contributed by atoms with Gasteiger partial charge in [0, 0.05) is 0 Å². The first-order valence-corrected chi connectivity index (χ1v) is 7.86. The van der Waals surface area contributed by atoms with Gasteiger partial charge >= 0.3 is 5.91 Å². The van der Waals surface area contributed by atoms with Crippen LogP contribution < -0.4 is 20.9 Å². The van der Waals surface area contributed by atoms with Crippen molar-refractivity contribution in [2.75, 3.05) is 12.3 Å². The Morgan fingerprint density at radius 3 is 2.64 bits per heavy atom. The first kappa shape index (κ1) is 18.8. The summed E-state index contributed by atoms with van der Waals surface area (Å²) in [6.45, 7) is -0.0342. The summed E-state index contributed by atoms with van der Waals surface area (Å²) in [5.41, 5.74) is 8.60. The number of halogens is 3. The number of nitrogen functional groups attached to an aromatic ring is 1. The number of pyridine rings is 1. The Labute approximate surface area is 158 Å². The Morgan fingerprint density at radius 1 is 1.32 bits per heavy atom. The molecule has 1 amide bonds. The highest BCUT2D eigenvalue weighted by atomic mass is 35.5. The van der Waals surface area contributed by atoms with E-state index < -0.39 is 5.91 Å². The summed E-state index contributed by atoms with van der Waals surface area (Å²) in [6.07, 6.45) is 1.42. The maximum atomic E-state index is 12.1. The fourth-order valence-corrected chi connectivity index (χ4v) is 2.33. The number of amides is 1. The lowest BCUT2D eigenvalue weighted by Gasteiger charge is -2.03. The normalized spacial score (nSPS) is 10.5. The molecule has 25 heavy (non-hydrogen) atoms. The number of anilines is 1. The smallest absolute Gasteiger partial charge is 0.337 e. The average molecular weight is 400 g/mol. The van der Waals surface area contributed by atoms with Crippen LogP contribution in [0.15, 0.2) is 29.4 Å². The van der Waals surface area contributed by atoms with Crippen molar-refractivity contribution < 1.29 is 14.5 Å². The van der Waals surface area contributed by atoms with Gasteiger partial charge in [-0.2, -0.15) is 15.3 Å². The highest BCUT2D eigenvalue weighted by molar-refractivity contribution is 6.45. The van der Waals surface area contributed by atoms with E-state index in [1.165, 1.54) is 6.21 Å². The number of nitrogens with one attached hydrogen (secondary N) is 2. The number of hydrazone groups is 1. The summed E-state index contributed by atoms with van der Waals surface area (Å²) < 4.78 is 5.13. The summed E-state index contributed by atoms with van der Waals surface area (Å²) in [5, 5.41) is 12.2. The molecular formula is C15H11Cl3N5O2+. The van der Waals surface area contributed by atoms with Gasteiger partial charge in [0.2, 0.25) is 0 Å². The third kappa shape index (κ3) is 4.73. The van der Waals surface area contributed by atoms with Gasteiger partial charge in [0.05, 0.1) is 11.9 Å². The van der Waals surface area contributed by atoms with E-state index in [9.17, 15) is 4.79 Å². The molecule has 0 atom stereocenters. The van der Waals surface area contributed by atoms with E-state index in [4.69, 9.17) is 50.5 Å². The molecule has 2 aromatic rings. The first-order valence-electron chi connectivity index (χ1n) is 6.72. The number of ether oxygens (including phenoxy) is 1. The van der Waals surface area contributed by atoms with Crippen molar-refractivity contribution >= 4 is 52.6 Å². The van der Waals surface area contributed by atoms with Crippen LogP contribution in [0.2, 0.25) is 15.2 Å². The van der Waals surface area contributed by atoms with Crippen LogP contribution in [0.25, 0.3) is 0 Å². The predicted molar refractivity (Wildman–Crippen MR) is 95.1 cm³/mol. The van der Waals surface area contributed by atoms with E-state index in [-0.39, 0.29) is 33.2 Å². The third-order valence-corrected chi connectivity index (χ3v) is 4.08.